The molecule has 1 rings (SSSR count). The zero-order valence-corrected chi connectivity index (χ0v) is 9.16. The number of rotatable bonds is 4. The summed E-state index contributed by atoms with van der Waals surface area (Å²) in [5.41, 5.74) is 0.122. The van der Waals surface area contributed by atoms with Gasteiger partial charge >= 0.3 is 5.97 Å². The van der Waals surface area contributed by atoms with E-state index < -0.39 is 11.7 Å². The van der Waals surface area contributed by atoms with Gasteiger partial charge in [-0.2, -0.15) is 0 Å². The SMILES string of the molecule is CCOC(=O)c1ccccc1C([O-])=CN(O)O. The summed E-state index contributed by atoms with van der Waals surface area (Å²) < 4.78 is 4.78. The second kappa shape index (κ2) is 5.88. The maximum absolute atomic E-state index is 11.6. The molecule has 0 radical (unpaired) electrons. The maximum atomic E-state index is 11.6. The lowest BCUT2D eigenvalue weighted by molar-refractivity contribution is -0.283. The molecule has 0 bridgehead atoms. The molecule has 0 saturated heterocycles. The minimum Gasteiger partial charge on any atom is -0.871 e. The first-order chi connectivity index (χ1) is 8.06. The molecule has 0 aromatic heterocycles. The van der Waals surface area contributed by atoms with Gasteiger partial charge in [-0.1, -0.05) is 24.0 Å². The maximum Gasteiger partial charge on any atom is 0.338 e. The molecule has 6 heteroatoms. The zero-order chi connectivity index (χ0) is 12.8. The van der Waals surface area contributed by atoms with Gasteiger partial charge in [-0.05, 0) is 18.6 Å². The number of nitrogens with zero attached hydrogens (tertiary/aromatic N) is 1. The topological polar surface area (TPSA) is 93.1 Å². The third-order valence-corrected chi connectivity index (χ3v) is 1.92. The first-order valence-electron chi connectivity index (χ1n) is 4.88. The van der Waals surface area contributed by atoms with E-state index in [0.717, 1.165) is 0 Å². The van der Waals surface area contributed by atoms with Crippen molar-refractivity contribution < 1.29 is 25.1 Å². The van der Waals surface area contributed by atoms with Crippen molar-refractivity contribution >= 4 is 11.7 Å². The summed E-state index contributed by atoms with van der Waals surface area (Å²) in [6.07, 6.45) is 0.540. The second-order valence-electron chi connectivity index (χ2n) is 3.08. The minimum atomic E-state index is -0.710. The highest BCUT2D eigenvalue weighted by atomic mass is 16.8. The number of carbonyl (C=O) groups is 1. The summed E-state index contributed by atoms with van der Waals surface area (Å²) in [5, 5.41) is 28.2. The Morgan fingerprint density at radius 1 is 1.41 bits per heavy atom. The molecule has 92 valence electrons. The highest BCUT2D eigenvalue weighted by molar-refractivity contribution is 5.94. The van der Waals surface area contributed by atoms with E-state index >= 15 is 0 Å². The van der Waals surface area contributed by atoms with Gasteiger partial charge in [0.05, 0.1) is 18.4 Å². The number of esters is 1. The predicted molar refractivity (Wildman–Crippen MR) is 55.8 cm³/mol. The Morgan fingerprint density at radius 3 is 2.53 bits per heavy atom. The van der Waals surface area contributed by atoms with Crippen molar-refractivity contribution in [1.82, 2.24) is 5.23 Å². The predicted octanol–water partition coefficient (Wildman–Crippen LogP) is 0.602. The first kappa shape index (κ1) is 13.0. The lowest BCUT2D eigenvalue weighted by Crippen LogP contribution is -2.15. The Hall–Kier alpha value is -2.05. The van der Waals surface area contributed by atoms with Gasteiger partial charge in [0.25, 0.3) is 0 Å². The molecule has 1 aromatic rings. The van der Waals surface area contributed by atoms with Crippen molar-refractivity contribution in [1.29, 1.82) is 0 Å². The van der Waals surface area contributed by atoms with Gasteiger partial charge in [-0.3, -0.25) is 10.4 Å². The van der Waals surface area contributed by atoms with Crippen molar-refractivity contribution in [3.8, 4) is 0 Å². The van der Waals surface area contributed by atoms with E-state index in [0.29, 0.717) is 6.20 Å². The molecule has 6 nitrogen and oxygen atoms in total. The average molecular weight is 238 g/mol. The molecular formula is C11H12NO5-. The highest BCUT2D eigenvalue weighted by Crippen LogP contribution is 2.16. The van der Waals surface area contributed by atoms with E-state index in [1.807, 2.05) is 0 Å². The van der Waals surface area contributed by atoms with Gasteiger partial charge in [-0.15, -0.1) is 5.23 Å². The monoisotopic (exact) mass is 238 g/mol. The molecule has 0 saturated carbocycles. The van der Waals surface area contributed by atoms with Crippen molar-refractivity contribution in [3.63, 3.8) is 0 Å². The second-order valence-corrected chi connectivity index (χ2v) is 3.08. The van der Waals surface area contributed by atoms with Gasteiger partial charge in [-0.25, -0.2) is 4.79 Å². The van der Waals surface area contributed by atoms with Crippen molar-refractivity contribution in [2.24, 2.45) is 0 Å². The van der Waals surface area contributed by atoms with E-state index in [-0.39, 0.29) is 23.0 Å². The Bertz CT molecular complexity index is 428. The Labute approximate surface area is 97.9 Å². The van der Waals surface area contributed by atoms with Crippen molar-refractivity contribution in [2.75, 3.05) is 6.61 Å². The molecule has 17 heavy (non-hydrogen) atoms. The van der Waals surface area contributed by atoms with E-state index in [1.54, 1.807) is 19.1 Å². The standard InChI is InChI=1S/C11H13NO5/c1-2-17-11(14)9-6-4-3-5-8(9)10(13)7-12(15)16/h3-7,13,15-16H,2H2,1H3/p-1. The molecule has 2 N–H and O–H groups in total. The fourth-order valence-electron chi connectivity index (χ4n) is 1.26. The molecule has 0 heterocycles. The van der Waals surface area contributed by atoms with Crippen molar-refractivity contribution in [2.45, 2.75) is 6.92 Å². The third-order valence-electron chi connectivity index (χ3n) is 1.92. The number of benzene rings is 1. The molecule has 0 spiro atoms. The lowest BCUT2D eigenvalue weighted by Gasteiger charge is -2.16. The number of hydroxylamine groups is 2. The van der Waals surface area contributed by atoms with Gasteiger partial charge in [0.15, 0.2) is 0 Å². The highest BCUT2D eigenvalue weighted by Gasteiger charge is 2.11. The Kier molecular flexibility index (Phi) is 4.50. The first-order valence-corrected chi connectivity index (χ1v) is 4.88. The normalized spacial score (nSPS) is 11.1. The molecule has 0 fully saturated rings. The molecule has 0 unspecified atom stereocenters. The third kappa shape index (κ3) is 3.47. The Morgan fingerprint density at radius 2 is 2.00 bits per heavy atom. The molecular weight excluding hydrogens is 226 g/mol. The molecule has 0 aliphatic heterocycles. The number of ether oxygens (including phenoxy) is 1. The van der Waals surface area contributed by atoms with Crippen LogP contribution in [-0.4, -0.2) is 28.2 Å². The van der Waals surface area contributed by atoms with E-state index in [4.69, 9.17) is 15.2 Å². The summed E-state index contributed by atoms with van der Waals surface area (Å²) in [7, 11) is 0. The molecule has 0 atom stereocenters. The largest absolute Gasteiger partial charge is 0.871 e. The van der Waals surface area contributed by atoms with Crippen LogP contribution in [0.3, 0.4) is 0 Å². The average Bonchev–Trinajstić information content (AvgIpc) is 2.28. The molecule has 0 amide bonds. The van der Waals surface area contributed by atoms with Gasteiger partial charge in [0.1, 0.15) is 0 Å². The smallest absolute Gasteiger partial charge is 0.338 e. The fraction of sp³-hybridized carbons (Fsp3) is 0.182. The van der Waals surface area contributed by atoms with Gasteiger partial charge in [0, 0.05) is 0 Å². The summed E-state index contributed by atoms with van der Waals surface area (Å²) in [5.74, 6) is -1.34. The summed E-state index contributed by atoms with van der Waals surface area (Å²) >= 11 is 0. The molecule has 1 aromatic carbocycles. The van der Waals surface area contributed by atoms with Crippen LogP contribution in [0.5, 0.6) is 0 Å². The number of carbonyl (C=O) groups excluding carboxylic acids is 1. The van der Waals surface area contributed by atoms with Crippen LogP contribution in [0, 0.1) is 0 Å². The fourth-order valence-corrected chi connectivity index (χ4v) is 1.26. The summed E-state index contributed by atoms with van der Waals surface area (Å²) in [4.78, 5) is 11.5. The van der Waals surface area contributed by atoms with Crippen LogP contribution in [-0.2, 0) is 4.74 Å². The number of hydrogen-bond acceptors (Lipinski definition) is 6. The Balaban J connectivity index is 3.12. The molecule has 0 aliphatic rings. The van der Waals surface area contributed by atoms with Crippen LogP contribution in [0.15, 0.2) is 30.5 Å². The summed E-state index contributed by atoms with van der Waals surface area (Å²) in [6.45, 7) is 1.84. The zero-order valence-electron chi connectivity index (χ0n) is 9.16. The van der Waals surface area contributed by atoms with Crippen LogP contribution in [0.4, 0.5) is 0 Å². The molecule has 0 aliphatic carbocycles. The number of hydrogen-bond donors (Lipinski definition) is 2. The van der Waals surface area contributed by atoms with Gasteiger partial charge in [0.2, 0.25) is 0 Å². The van der Waals surface area contributed by atoms with Crippen molar-refractivity contribution in [3.05, 3.63) is 41.6 Å². The van der Waals surface area contributed by atoms with E-state index in [1.165, 1.54) is 12.1 Å². The lowest BCUT2D eigenvalue weighted by atomic mass is 10.1. The van der Waals surface area contributed by atoms with Crippen LogP contribution in [0.2, 0.25) is 0 Å². The van der Waals surface area contributed by atoms with E-state index in [2.05, 4.69) is 0 Å². The van der Waals surface area contributed by atoms with Crippen LogP contribution >= 0.6 is 0 Å². The summed E-state index contributed by atoms with van der Waals surface area (Å²) in [6, 6.07) is 5.97. The van der Waals surface area contributed by atoms with Crippen LogP contribution in [0.25, 0.3) is 5.76 Å². The minimum absolute atomic E-state index is 0.0408. The van der Waals surface area contributed by atoms with Crippen LogP contribution < -0.4 is 5.11 Å². The van der Waals surface area contributed by atoms with Gasteiger partial charge < -0.3 is 9.84 Å². The quantitative estimate of drug-likeness (QED) is 0.453. The van der Waals surface area contributed by atoms with E-state index in [9.17, 15) is 9.90 Å². The van der Waals surface area contributed by atoms with Crippen LogP contribution in [0.1, 0.15) is 22.8 Å².